The summed E-state index contributed by atoms with van der Waals surface area (Å²) in [5.41, 5.74) is -0.477. The van der Waals surface area contributed by atoms with E-state index in [4.69, 9.17) is 4.74 Å². The number of aromatic nitrogens is 1. The van der Waals surface area contributed by atoms with Crippen molar-refractivity contribution in [1.29, 1.82) is 5.26 Å². The number of hydrogen-bond acceptors (Lipinski definition) is 4. The first-order valence-corrected chi connectivity index (χ1v) is 9.39. The highest BCUT2D eigenvalue weighted by Crippen LogP contribution is 2.54. The Balaban J connectivity index is 2.49. The molecule has 0 spiro atoms. The lowest BCUT2D eigenvalue weighted by Crippen LogP contribution is -2.47. The Morgan fingerprint density at radius 3 is 2.34 bits per heavy atom. The normalized spacial score (nSPS) is 14.6. The number of rotatable bonds is 5. The van der Waals surface area contributed by atoms with Gasteiger partial charge < -0.3 is 9.84 Å². The molecule has 29 heavy (non-hydrogen) atoms. The van der Waals surface area contributed by atoms with E-state index in [1.165, 1.54) is 0 Å². The summed E-state index contributed by atoms with van der Waals surface area (Å²) in [6.07, 6.45) is 1.66. The number of benzene rings is 2. The standard InChI is InChI=1S/C24H24N2O3/c1-23(2,3)24(15-25,22(27)28)21(18-10-6-8-12-20(18)29-4)17-13-14-26-19-11-7-5-9-16(17)19/h5-14,21H,1-4H3,(H,27,28). The van der Waals surface area contributed by atoms with Crippen LogP contribution in [0.3, 0.4) is 0 Å². The number of para-hydroxylation sites is 2. The number of carboxylic acids is 1. The molecule has 0 radical (unpaired) electrons. The summed E-state index contributed by atoms with van der Waals surface area (Å²) >= 11 is 0. The molecule has 1 aromatic heterocycles. The lowest BCUT2D eigenvalue weighted by Gasteiger charge is -2.42. The van der Waals surface area contributed by atoms with E-state index < -0.39 is 22.7 Å². The molecule has 2 unspecified atom stereocenters. The third kappa shape index (κ3) is 3.21. The van der Waals surface area contributed by atoms with Crippen LogP contribution in [-0.4, -0.2) is 23.2 Å². The summed E-state index contributed by atoms with van der Waals surface area (Å²) in [5.74, 6) is -1.39. The van der Waals surface area contributed by atoms with Crippen molar-refractivity contribution >= 4 is 16.9 Å². The number of nitrogens with zero attached hydrogens (tertiary/aromatic N) is 2. The molecule has 5 heteroatoms. The number of hydrogen-bond donors (Lipinski definition) is 1. The van der Waals surface area contributed by atoms with Crippen LogP contribution in [-0.2, 0) is 4.79 Å². The number of fused-ring (bicyclic) bond motifs is 1. The fourth-order valence-corrected chi connectivity index (χ4v) is 4.07. The zero-order chi connectivity index (χ0) is 21.2. The molecule has 148 valence electrons. The minimum absolute atomic E-state index is 0.545. The van der Waals surface area contributed by atoms with Crippen LogP contribution in [0.15, 0.2) is 60.8 Å². The van der Waals surface area contributed by atoms with Gasteiger partial charge in [-0.1, -0.05) is 57.2 Å². The smallest absolute Gasteiger partial charge is 0.325 e. The van der Waals surface area contributed by atoms with Crippen LogP contribution in [0.2, 0.25) is 0 Å². The Bertz CT molecular complexity index is 1090. The van der Waals surface area contributed by atoms with E-state index in [1.54, 1.807) is 46.2 Å². The van der Waals surface area contributed by atoms with E-state index in [-0.39, 0.29) is 0 Å². The fraction of sp³-hybridized carbons (Fsp3) is 0.292. The fourth-order valence-electron chi connectivity index (χ4n) is 4.07. The molecular weight excluding hydrogens is 364 g/mol. The zero-order valence-corrected chi connectivity index (χ0v) is 17.0. The maximum Gasteiger partial charge on any atom is 0.325 e. The Hall–Kier alpha value is -3.39. The van der Waals surface area contributed by atoms with Crippen LogP contribution in [0, 0.1) is 22.2 Å². The number of nitriles is 1. The van der Waals surface area contributed by atoms with Crippen LogP contribution in [0.25, 0.3) is 10.9 Å². The van der Waals surface area contributed by atoms with Crippen molar-refractivity contribution in [3.05, 3.63) is 71.9 Å². The quantitative estimate of drug-likeness (QED) is 0.664. The first kappa shape index (κ1) is 20.3. The number of methoxy groups -OCH3 is 1. The minimum atomic E-state index is -1.74. The molecule has 0 saturated heterocycles. The molecule has 5 nitrogen and oxygen atoms in total. The Kier molecular flexibility index (Phi) is 5.30. The third-order valence-corrected chi connectivity index (χ3v) is 5.57. The maximum atomic E-state index is 12.7. The minimum Gasteiger partial charge on any atom is -0.496 e. The molecule has 2 atom stereocenters. The highest BCUT2D eigenvalue weighted by atomic mass is 16.5. The highest BCUT2D eigenvalue weighted by molar-refractivity contribution is 5.87. The molecule has 0 amide bonds. The van der Waals surface area contributed by atoms with E-state index in [9.17, 15) is 15.2 Å². The second-order valence-electron chi connectivity index (χ2n) is 8.07. The molecule has 0 aliphatic carbocycles. The Labute approximate surface area is 170 Å². The summed E-state index contributed by atoms with van der Waals surface area (Å²) in [7, 11) is 1.55. The first-order chi connectivity index (χ1) is 13.8. The number of ether oxygens (including phenoxy) is 1. The van der Waals surface area contributed by atoms with E-state index in [2.05, 4.69) is 11.1 Å². The van der Waals surface area contributed by atoms with Crippen molar-refractivity contribution in [3.63, 3.8) is 0 Å². The van der Waals surface area contributed by atoms with Crippen molar-refractivity contribution in [3.8, 4) is 11.8 Å². The van der Waals surface area contributed by atoms with Crippen molar-refractivity contribution in [2.45, 2.75) is 26.7 Å². The Morgan fingerprint density at radius 1 is 1.07 bits per heavy atom. The van der Waals surface area contributed by atoms with Crippen LogP contribution in [0.4, 0.5) is 0 Å². The number of pyridine rings is 1. The van der Waals surface area contributed by atoms with Gasteiger partial charge in [-0.2, -0.15) is 5.26 Å². The van der Waals surface area contributed by atoms with E-state index >= 15 is 0 Å². The molecule has 3 aromatic rings. The second-order valence-corrected chi connectivity index (χ2v) is 8.07. The number of carboxylic acid groups (broad SMARTS) is 1. The molecular formula is C24H24N2O3. The van der Waals surface area contributed by atoms with Gasteiger partial charge in [-0.3, -0.25) is 9.78 Å². The third-order valence-electron chi connectivity index (χ3n) is 5.57. The van der Waals surface area contributed by atoms with Gasteiger partial charge in [0.15, 0.2) is 5.41 Å². The molecule has 0 aliphatic rings. The van der Waals surface area contributed by atoms with Gasteiger partial charge >= 0.3 is 5.97 Å². The van der Waals surface area contributed by atoms with Crippen LogP contribution in [0.5, 0.6) is 5.75 Å². The SMILES string of the molecule is COc1ccccc1C(c1ccnc2ccccc12)C(C#N)(C(=O)O)C(C)(C)C. The van der Waals surface area contributed by atoms with Gasteiger partial charge in [-0.05, 0) is 29.2 Å². The van der Waals surface area contributed by atoms with Crippen molar-refractivity contribution in [2.75, 3.05) is 7.11 Å². The summed E-state index contributed by atoms with van der Waals surface area (Å²) in [4.78, 5) is 17.2. The predicted octanol–water partition coefficient (Wildman–Crippen LogP) is 5.02. The van der Waals surface area contributed by atoms with Gasteiger partial charge in [0, 0.05) is 23.1 Å². The topological polar surface area (TPSA) is 83.2 Å². The molecule has 0 fully saturated rings. The van der Waals surface area contributed by atoms with Gasteiger partial charge in [0.2, 0.25) is 0 Å². The summed E-state index contributed by atoms with van der Waals surface area (Å²) in [6.45, 7) is 5.36. The lowest BCUT2D eigenvalue weighted by atomic mass is 9.56. The summed E-state index contributed by atoms with van der Waals surface area (Å²) in [6, 6.07) is 18.8. The summed E-state index contributed by atoms with van der Waals surface area (Å²) < 4.78 is 5.57. The monoisotopic (exact) mass is 388 g/mol. The molecule has 1 N–H and O–H groups in total. The van der Waals surface area contributed by atoms with Crippen molar-refractivity contribution in [1.82, 2.24) is 4.98 Å². The molecule has 1 heterocycles. The molecule has 0 saturated carbocycles. The summed E-state index contributed by atoms with van der Waals surface area (Å²) in [5, 5.41) is 21.5. The molecule has 2 aromatic carbocycles. The highest BCUT2D eigenvalue weighted by Gasteiger charge is 2.57. The predicted molar refractivity (Wildman–Crippen MR) is 112 cm³/mol. The van der Waals surface area contributed by atoms with Crippen molar-refractivity contribution < 1.29 is 14.6 Å². The van der Waals surface area contributed by atoms with E-state index in [1.807, 2.05) is 42.5 Å². The van der Waals surface area contributed by atoms with Gasteiger partial charge in [-0.25, -0.2) is 0 Å². The van der Waals surface area contributed by atoms with Gasteiger partial charge in [0.05, 0.1) is 18.7 Å². The number of aliphatic carboxylic acids is 1. The average molecular weight is 388 g/mol. The van der Waals surface area contributed by atoms with Gasteiger partial charge in [0.1, 0.15) is 5.75 Å². The van der Waals surface area contributed by atoms with Crippen molar-refractivity contribution in [2.24, 2.45) is 10.8 Å². The molecule has 0 bridgehead atoms. The van der Waals surface area contributed by atoms with Gasteiger partial charge in [-0.15, -0.1) is 0 Å². The first-order valence-electron chi connectivity index (χ1n) is 9.39. The Morgan fingerprint density at radius 2 is 1.72 bits per heavy atom. The van der Waals surface area contributed by atoms with Gasteiger partial charge in [0.25, 0.3) is 0 Å². The molecule has 3 rings (SSSR count). The van der Waals surface area contributed by atoms with Crippen LogP contribution < -0.4 is 4.74 Å². The number of carbonyl (C=O) groups is 1. The second kappa shape index (κ2) is 7.56. The average Bonchev–Trinajstić information content (AvgIpc) is 2.70. The van der Waals surface area contributed by atoms with E-state index in [0.29, 0.717) is 11.3 Å². The van der Waals surface area contributed by atoms with E-state index in [0.717, 1.165) is 16.5 Å². The largest absolute Gasteiger partial charge is 0.496 e. The van der Waals surface area contributed by atoms with Crippen LogP contribution in [0.1, 0.15) is 37.8 Å². The lowest BCUT2D eigenvalue weighted by molar-refractivity contribution is -0.152. The maximum absolute atomic E-state index is 12.7. The zero-order valence-electron chi connectivity index (χ0n) is 17.0. The molecule has 0 aliphatic heterocycles. The van der Waals surface area contributed by atoms with Crippen LogP contribution >= 0.6 is 0 Å².